The molecule has 1 fully saturated rings. The molecule has 0 bridgehead atoms. The SMILES string of the molecule is CCCN(CC1CC1)C(=O)COC(=O)c1c(C)c(-c2ccccc2)nc2ccccc12. The molecule has 0 aliphatic heterocycles. The van der Waals surface area contributed by atoms with E-state index in [1.165, 1.54) is 12.8 Å². The zero-order chi connectivity index (χ0) is 21.8. The number of rotatable bonds is 8. The van der Waals surface area contributed by atoms with Gasteiger partial charge in [-0.2, -0.15) is 0 Å². The number of carbonyl (C=O) groups is 2. The fourth-order valence-corrected chi connectivity index (χ4v) is 3.94. The van der Waals surface area contributed by atoms with Crippen molar-refractivity contribution in [2.75, 3.05) is 19.7 Å². The maximum atomic E-state index is 13.2. The molecule has 160 valence electrons. The highest BCUT2D eigenvalue weighted by atomic mass is 16.5. The van der Waals surface area contributed by atoms with Gasteiger partial charge in [0, 0.05) is 24.0 Å². The molecule has 3 aromatic rings. The van der Waals surface area contributed by atoms with Gasteiger partial charge in [0.05, 0.1) is 16.8 Å². The van der Waals surface area contributed by atoms with Gasteiger partial charge < -0.3 is 9.64 Å². The number of benzene rings is 2. The Morgan fingerprint density at radius 2 is 1.77 bits per heavy atom. The Balaban J connectivity index is 1.61. The van der Waals surface area contributed by atoms with Gasteiger partial charge in [0.15, 0.2) is 6.61 Å². The van der Waals surface area contributed by atoms with Crippen molar-refractivity contribution in [2.24, 2.45) is 5.92 Å². The van der Waals surface area contributed by atoms with Crippen LogP contribution in [0.5, 0.6) is 0 Å². The van der Waals surface area contributed by atoms with Crippen molar-refractivity contribution in [3.63, 3.8) is 0 Å². The lowest BCUT2D eigenvalue weighted by atomic mass is 9.98. The normalized spacial score (nSPS) is 13.2. The van der Waals surface area contributed by atoms with Crippen molar-refractivity contribution in [1.29, 1.82) is 0 Å². The van der Waals surface area contributed by atoms with E-state index in [4.69, 9.17) is 9.72 Å². The number of hydrogen-bond acceptors (Lipinski definition) is 4. The Morgan fingerprint density at radius 1 is 1.06 bits per heavy atom. The number of carbonyl (C=O) groups excluding carboxylic acids is 2. The van der Waals surface area contributed by atoms with E-state index in [1.807, 2.05) is 66.4 Å². The molecule has 1 aromatic heterocycles. The molecule has 4 rings (SSSR count). The van der Waals surface area contributed by atoms with Gasteiger partial charge in [-0.3, -0.25) is 4.79 Å². The van der Waals surface area contributed by atoms with Gasteiger partial charge in [0.1, 0.15) is 0 Å². The number of para-hydroxylation sites is 1. The highest BCUT2D eigenvalue weighted by Crippen LogP contribution is 2.31. The maximum Gasteiger partial charge on any atom is 0.339 e. The van der Waals surface area contributed by atoms with E-state index >= 15 is 0 Å². The third-order valence-electron chi connectivity index (χ3n) is 5.74. The Kier molecular flexibility index (Phi) is 6.31. The summed E-state index contributed by atoms with van der Waals surface area (Å²) in [4.78, 5) is 32.5. The molecular weight excluding hydrogens is 388 g/mol. The first kappa shape index (κ1) is 21.0. The lowest BCUT2D eigenvalue weighted by molar-refractivity contribution is -0.134. The van der Waals surface area contributed by atoms with Gasteiger partial charge in [-0.05, 0) is 43.7 Å². The first-order valence-corrected chi connectivity index (χ1v) is 11.0. The van der Waals surface area contributed by atoms with Gasteiger partial charge in [-0.25, -0.2) is 9.78 Å². The zero-order valence-corrected chi connectivity index (χ0v) is 18.1. The molecule has 5 heteroatoms. The van der Waals surface area contributed by atoms with E-state index < -0.39 is 5.97 Å². The summed E-state index contributed by atoms with van der Waals surface area (Å²) in [5, 5.41) is 0.737. The number of esters is 1. The lowest BCUT2D eigenvalue weighted by Gasteiger charge is -2.22. The van der Waals surface area contributed by atoms with E-state index in [9.17, 15) is 9.59 Å². The number of nitrogens with zero attached hydrogens (tertiary/aromatic N) is 2. The average molecular weight is 417 g/mol. The molecule has 1 aliphatic carbocycles. The molecule has 1 heterocycles. The Bertz CT molecular complexity index is 1090. The van der Waals surface area contributed by atoms with Crippen LogP contribution in [0, 0.1) is 12.8 Å². The quantitative estimate of drug-likeness (QED) is 0.484. The van der Waals surface area contributed by atoms with Crippen LogP contribution >= 0.6 is 0 Å². The van der Waals surface area contributed by atoms with Crippen LogP contribution in [-0.4, -0.2) is 41.5 Å². The van der Waals surface area contributed by atoms with Crippen LogP contribution in [0.3, 0.4) is 0 Å². The van der Waals surface area contributed by atoms with E-state index in [2.05, 4.69) is 6.92 Å². The number of aromatic nitrogens is 1. The average Bonchev–Trinajstić information content (AvgIpc) is 3.61. The van der Waals surface area contributed by atoms with Gasteiger partial charge in [-0.1, -0.05) is 55.5 Å². The largest absolute Gasteiger partial charge is 0.452 e. The Morgan fingerprint density at radius 3 is 2.48 bits per heavy atom. The molecule has 0 unspecified atom stereocenters. The fourth-order valence-electron chi connectivity index (χ4n) is 3.94. The number of hydrogen-bond donors (Lipinski definition) is 0. The second-order valence-corrected chi connectivity index (χ2v) is 8.20. The predicted molar refractivity (Wildman–Crippen MR) is 122 cm³/mol. The van der Waals surface area contributed by atoms with E-state index in [0.717, 1.165) is 40.7 Å². The standard InChI is InChI=1S/C26H28N2O3/c1-3-15-28(16-19-13-14-19)23(29)17-31-26(30)24-18(2)25(20-9-5-4-6-10-20)27-22-12-8-7-11-21(22)24/h4-12,19H,3,13-17H2,1-2H3. The number of pyridine rings is 1. The van der Waals surface area contributed by atoms with E-state index in [1.54, 1.807) is 0 Å². The lowest BCUT2D eigenvalue weighted by Crippen LogP contribution is -2.36. The third kappa shape index (κ3) is 4.76. The molecule has 1 aliphatic rings. The second kappa shape index (κ2) is 9.29. The molecule has 0 atom stereocenters. The van der Waals surface area contributed by atoms with E-state index in [-0.39, 0.29) is 12.5 Å². The Hall–Kier alpha value is -3.21. The first-order chi connectivity index (χ1) is 15.1. The third-order valence-corrected chi connectivity index (χ3v) is 5.74. The first-order valence-electron chi connectivity index (χ1n) is 11.0. The summed E-state index contributed by atoms with van der Waals surface area (Å²) in [6.45, 7) is 5.16. The van der Waals surface area contributed by atoms with Crippen LogP contribution in [0.25, 0.3) is 22.2 Å². The molecule has 2 aromatic carbocycles. The highest BCUT2D eigenvalue weighted by Gasteiger charge is 2.27. The topological polar surface area (TPSA) is 59.5 Å². The van der Waals surface area contributed by atoms with Gasteiger partial charge in [0.25, 0.3) is 5.91 Å². The fraction of sp³-hybridized carbons (Fsp3) is 0.346. The van der Waals surface area contributed by atoms with Crippen molar-refractivity contribution in [2.45, 2.75) is 33.1 Å². The Labute approximate surface area is 183 Å². The molecule has 5 nitrogen and oxygen atoms in total. The molecule has 0 radical (unpaired) electrons. The van der Waals surface area contributed by atoms with Crippen molar-refractivity contribution >= 4 is 22.8 Å². The minimum atomic E-state index is -0.482. The molecule has 1 amide bonds. The summed E-state index contributed by atoms with van der Waals surface area (Å²) in [5.41, 5.74) is 3.65. The predicted octanol–water partition coefficient (Wildman–Crippen LogP) is 5.02. The van der Waals surface area contributed by atoms with Crippen LogP contribution in [0.15, 0.2) is 54.6 Å². The van der Waals surface area contributed by atoms with Crippen LogP contribution < -0.4 is 0 Å². The van der Waals surface area contributed by atoms with Gasteiger partial charge in [-0.15, -0.1) is 0 Å². The highest BCUT2D eigenvalue weighted by molar-refractivity contribution is 6.06. The van der Waals surface area contributed by atoms with E-state index in [0.29, 0.717) is 18.0 Å². The van der Waals surface area contributed by atoms with Crippen LogP contribution in [-0.2, 0) is 9.53 Å². The maximum absolute atomic E-state index is 13.2. The smallest absolute Gasteiger partial charge is 0.339 e. The summed E-state index contributed by atoms with van der Waals surface area (Å²) in [6.07, 6.45) is 3.25. The summed E-state index contributed by atoms with van der Waals surface area (Å²) >= 11 is 0. The van der Waals surface area contributed by atoms with Crippen molar-refractivity contribution in [3.8, 4) is 11.3 Å². The molecule has 0 N–H and O–H groups in total. The molecule has 31 heavy (non-hydrogen) atoms. The molecule has 0 spiro atoms. The second-order valence-electron chi connectivity index (χ2n) is 8.20. The van der Waals surface area contributed by atoms with Crippen molar-refractivity contribution in [3.05, 3.63) is 65.7 Å². The van der Waals surface area contributed by atoms with Crippen LogP contribution in [0.4, 0.5) is 0 Å². The summed E-state index contributed by atoms with van der Waals surface area (Å²) in [6, 6.07) is 17.3. The van der Waals surface area contributed by atoms with Crippen LogP contribution in [0.2, 0.25) is 0 Å². The van der Waals surface area contributed by atoms with Gasteiger partial charge >= 0.3 is 5.97 Å². The molecular formula is C26H28N2O3. The van der Waals surface area contributed by atoms with Gasteiger partial charge in [0.2, 0.25) is 0 Å². The van der Waals surface area contributed by atoms with Crippen molar-refractivity contribution in [1.82, 2.24) is 9.88 Å². The number of fused-ring (bicyclic) bond motifs is 1. The van der Waals surface area contributed by atoms with Crippen molar-refractivity contribution < 1.29 is 14.3 Å². The number of amides is 1. The number of ether oxygens (including phenoxy) is 1. The zero-order valence-electron chi connectivity index (χ0n) is 18.1. The summed E-state index contributed by atoms with van der Waals surface area (Å²) < 4.78 is 5.54. The van der Waals surface area contributed by atoms with Crippen LogP contribution in [0.1, 0.15) is 42.1 Å². The minimum Gasteiger partial charge on any atom is -0.452 e. The molecule has 1 saturated carbocycles. The molecule has 0 saturated heterocycles. The minimum absolute atomic E-state index is 0.124. The summed E-state index contributed by atoms with van der Waals surface area (Å²) in [5.74, 6) is -0.00285. The summed E-state index contributed by atoms with van der Waals surface area (Å²) in [7, 11) is 0. The monoisotopic (exact) mass is 416 g/mol.